The van der Waals surface area contributed by atoms with E-state index in [1.807, 2.05) is 4.90 Å². The molecule has 0 bridgehead atoms. The zero-order valence-electron chi connectivity index (χ0n) is 10.4. The third-order valence-corrected chi connectivity index (χ3v) is 2.75. The van der Waals surface area contributed by atoms with Crippen molar-refractivity contribution in [1.82, 2.24) is 10.1 Å². The molecule has 0 spiro atoms. The molecular weight excluding hydrogens is 236 g/mol. The Hall–Kier alpha value is -1.44. The number of hydrogen-bond donors (Lipinski definition) is 2. The maximum atomic E-state index is 11.8. The van der Waals surface area contributed by atoms with Gasteiger partial charge < -0.3 is 20.3 Å². The monoisotopic (exact) mass is 254 g/mol. The van der Waals surface area contributed by atoms with Gasteiger partial charge in [0, 0.05) is 25.7 Å². The number of anilines is 1. The minimum absolute atomic E-state index is 0.0147. The number of carbonyl (C=O) groups is 1. The number of rotatable bonds is 4. The van der Waals surface area contributed by atoms with Crippen LogP contribution < -0.4 is 11.1 Å². The SMILES string of the molecule is Cc1cc(NC(=O)CN2CCOC(CN)C2)no1. The lowest BCUT2D eigenvalue weighted by molar-refractivity contribution is -0.119. The number of hydrogen-bond acceptors (Lipinski definition) is 6. The van der Waals surface area contributed by atoms with E-state index in [9.17, 15) is 4.79 Å². The average molecular weight is 254 g/mol. The maximum absolute atomic E-state index is 11.8. The van der Waals surface area contributed by atoms with Crippen LogP contribution in [-0.2, 0) is 9.53 Å². The highest BCUT2D eigenvalue weighted by Gasteiger charge is 2.21. The van der Waals surface area contributed by atoms with Crippen LogP contribution in [-0.4, -0.2) is 54.9 Å². The number of aromatic nitrogens is 1. The standard InChI is InChI=1S/C11H18N4O3/c1-8-4-10(14-18-8)13-11(16)7-15-2-3-17-9(5-12)6-15/h4,9H,2-3,5-7,12H2,1H3,(H,13,14,16). The van der Waals surface area contributed by atoms with Crippen molar-refractivity contribution in [3.63, 3.8) is 0 Å². The fourth-order valence-corrected chi connectivity index (χ4v) is 1.88. The van der Waals surface area contributed by atoms with E-state index in [0.717, 1.165) is 6.54 Å². The maximum Gasteiger partial charge on any atom is 0.239 e. The smallest absolute Gasteiger partial charge is 0.239 e. The molecule has 1 aliphatic heterocycles. The van der Waals surface area contributed by atoms with Crippen LogP contribution in [0.3, 0.4) is 0 Å². The van der Waals surface area contributed by atoms with Crippen LogP contribution in [0.25, 0.3) is 0 Å². The minimum atomic E-state index is -0.110. The number of amides is 1. The topological polar surface area (TPSA) is 93.6 Å². The lowest BCUT2D eigenvalue weighted by Gasteiger charge is -2.31. The van der Waals surface area contributed by atoms with Crippen molar-refractivity contribution in [3.05, 3.63) is 11.8 Å². The third kappa shape index (κ3) is 3.52. The van der Waals surface area contributed by atoms with E-state index in [4.69, 9.17) is 15.0 Å². The van der Waals surface area contributed by atoms with E-state index in [1.54, 1.807) is 13.0 Å². The Bertz CT molecular complexity index is 407. The summed E-state index contributed by atoms with van der Waals surface area (Å²) in [6.45, 7) is 4.59. The molecule has 18 heavy (non-hydrogen) atoms. The van der Waals surface area contributed by atoms with Crippen molar-refractivity contribution in [3.8, 4) is 0 Å². The first kappa shape index (κ1) is 13.0. The van der Waals surface area contributed by atoms with Gasteiger partial charge in [-0.1, -0.05) is 5.16 Å². The van der Waals surface area contributed by atoms with Gasteiger partial charge in [-0.05, 0) is 6.92 Å². The molecule has 1 fully saturated rings. The Balaban J connectivity index is 1.80. The number of carbonyl (C=O) groups excluding carboxylic acids is 1. The fraction of sp³-hybridized carbons (Fsp3) is 0.636. The Morgan fingerprint density at radius 1 is 1.72 bits per heavy atom. The molecule has 1 aliphatic rings. The zero-order valence-corrected chi connectivity index (χ0v) is 10.4. The Labute approximate surface area is 105 Å². The highest BCUT2D eigenvalue weighted by atomic mass is 16.5. The van der Waals surface area contributed by atoms with Crippen LogP contribution in [0.4, 0.5) is 5.82 Å². The summed E-state index contributed by atoms with van der Waals surface area (Å²) in [6.07, 6.45) is 0.0147. The number of nitrogens with zero attached hydrogens (tertiary/aromatic N) is 2. The molecule has 0 radical (unpaired) electrons. The molecule has 1 aromatic rings. The van der Waals surface area contributed by atoms with Gasteiger partial charge in [-0.3, -0.25) is 9.69 Å². The van der Waals surface area contributed by atoms with Gasteiger partial charge in [0.15, 0.2) is 5.82 Å². The van der Waals surface area contributed by atoms with E-state index < -0.39 is 0 Å². The summed E-state index contributed by atoms with van der Waals surface area (Å²) < 4.78 is 10.3. The summed E-state index contributed by atoms with van der Waals surface area (Å²) in [4.78, 5) is 13.8. The minimum Gasteiger partial charge on any atom is -0.374 e. The first-order valence-corrected chi connectivity index (χ1v) is 5.94. The van der Waals surface area contributed by atoms with E-state index in [2.05, 4.69) is 10.5 Å². The lowest BCUT2D eigenvalue weighted by Crippen LogP contribution is -2.48. The van der Waals surface area contributed by atoms with Crippen LogP contribution in [0.2, 0.25) is 0 Å². The van der Waals surface area contributed by atoms with Gasteiger partial charge in [0.1, 0.15) is 5.76 Å². The van der Waals surface area contributed by atoms with Gasteiger partial charge in [-0.15, -0.1) is 0 Å². The number of ether oxygens (including phenoxy) is 1. The summed E-state index contributed by atoms with van der Waals surface area (Å²) in [5.41, 5.74) is 5.55. The van der Waals surface area contributed by atoms with Crippen LogP contribution in [0.5, 0.6) is 0 Å². The van der Waals surface area contributed by atoms with Crippen molar-refractivity contribution in [1.29, 1.82) is 0 Å². The second-order valence-corrected chi connectivity index (χ2v) is 4.33. The first-order valence-electron chi connectivity index (χ1n) is 5.94. The van der Waals surface area contributed by atoms with Crippen LogP contribution in [0, 0.1) is 6.92 Å². The third-order valence-electron chi connectivity index (χ3n) is 2.75. The summed E-state index contributed by atoms with van der Waals surface area (Å²) >= 11 is 0. The molecule has 1 unspecified atom stereocenters. The van der Waals surface area contributed by atoms with Gasteiger partial charge in [-0.2, -0.15) is 0 Å². The van der Waals surface area contributed by atoms with E-state index in [-0.39, 0.29) is 12.0 Å². The van der Waals surface area contributed by atoms with Crippen molar-refractivity contribution in [2.75, 3.05) is 38.1 Å². The summed E-state index contributed by atoms with van der Waals surface area (Å²) in [5, 5.41) is 6.40. The molecule has 0 aliphatic carbocycles. The lowest BCUT2D eigenvalue weighted by atomic mass is 10.2. The van der Waals surface area contributed by atoms with Crippen LogP contribution in [0.1, 0.15) is 5.76 Å². The van der Waals surface area contributed by atoms with Gasteiger partial charge in [-0.25, -0.2) is 0 Å². The van der Waals surface area contributed by atoms with Crippen molar-refractivity contribution in [2.24, 2.45) is 5.73 Å². The second-order valence-electron chi connectivity index (χ2n) is 4.33. The predicted molar refractivity (Wildman–Crippen MR) is 65.1 cm³/mol. The highest BCUT2D eigenvalue weighted by Crippen LogP contribution is 2.08. The van der Waals surface area contributed by atoms with E-state index in [0.29, 0.717) is 37.8 Å². The zero-order chi connectivity index (χ0) is 13.0. The Kier molecular flexibility index (Phi) is 4.29. The molecule has 2 heterocycles. The van der Waals surface area contributed by atoms with Crippen LogP contribution in [0.15, 0.2) is 10.6 Å². The fourth-order valence-electron chi connectivity index (χ4n) is 1.88. The number of morpholine rings is 1. The summed E-state index contributed by atoms with van der Waals surface area (Å²) in [5.74, 6) is 1.00. The highest BCUT2D eigenvalue weighted by molar-refractivity contribution is 5.91. The Morgan fingerprint density at radius 2 is 2.56 bits per heavy atom. The molecule has 1 saturated heterocycles. The molecular formula is C11H18N4O3. The molecule has 2 rings (SSSR count). The second kappa shape index (κ2) is 5.94. The van der Waals surface area contributed by atoms with E-state index >= 15 is 0 Å². The molecule has 1 atom stereocenters. The number of nitrogens with two attached hydrogens (primary N) is 1. The molecule has 1 amide bonds. The Morgan fingerprint density at radius 3 is 3.22 bits per heavy atom. The normalized spacial score (nSPS) is 20.9. The number of aryl methyl sites for hydroxylation is 1. The average Bonchev–Trinajstić information content (AvgIpc) is 2.74. The van der Waals surface area contributed by atoms with Gasteiger partial charge in [0.2, 0.25) is 5.91 Å². The molecule has 0 aromatic carbocycles. The molecule has 0 saturated carbocycles. The summed E-state index contributed by atoms with van der Waals surface area (Å²) in [7, 11) is 0. The first-order chi connectivity index (χ1) is 8.67. The van der Waals surface area contributed by atoms with E-state index in [1.165, 1.54) is 0 Å². The molecule has 100 valence electrons. The van der Waals surface area contributed by atoms with Gasteiger partial charge in [0.25, 0.3) is 0 Å². The predicted octanol–water partition coefficient (Wildman–Crippen LogP) is -0.419. The molecule has 7 nitrogen and oxygen atoms in total. The van der Waals surface area contributed by atoms with Crippen LogP contribution >= 0.6 is 0 Å². The molecule has 7 heteroatoms. The summed E-state index contributed by atoms with van der Waals surface area (Å²) in [6, 6.07) is 1.68. The van der Waals surface area contributed by atoms with Crippen molar-refractivity contribution in [2.45, 2.75) is 13.0 Å². The van der Waals surface area contributed by atoms with Crippen molar-refractivity contribution >= 4 is 11.7 Å². The molecule has 3 N–H and O–H groups in total. The molecule has 1 aromatic heterocycles. The quantitative estimate of drug-likeness (QED) is 0.758. The number of nitrogens with one attached hydrogen (secondary N) is 1. The van der Waals surface area contributed by atoms with Gasteiger partial charge in [0.05, 0.1) is 19.3 Å². The van der Waals surface area contributed by atoms with Crippen molar-refractivity contribution < 1.29 is 14.1 Å². The van der Waals surface area contributed by atoms with Gasteiger partial charge >= 0.3 is 0 Å². The largest absolute Gasteiger partial charge is 0.374 e.